The van der Waals surface area contributed by atoms with Crippen LogP contribution in [0, 0.1) is 0 Å². The molecular formula is C27H30N4O3. The molecule has 0 atom stereocenters. The van der Waals surface area contributed by atoms with Crippen LogP contribution in [-0.4, -0.2) is 61.3 Å². The second-order valence-corrected chi connectivity index (χ2v) is 8.45. The number of carboxylic acid groups (broad SMARTS) is 1. The molecular weight excluding hydrogens is 428 g/mol. The van der Waals surface area contributed by atoms with Crippen molar-refractivity contribution in [2.75, 3.05) is 49.1 Å². The Balaban J connectivity index is 1.35. The monoisotopic (exact) mass is 458 g/mol. The maximum atomic E-state index is 12.0. The molecule has 0 unspecified atom stereocenters. The molecule has 4 rings (SSSR count). The van der Waals surface area contributed by atoms with E-state index in [1.54, 1.807) is 24.3 Å². The first-order valence-corrected chi connectivity index (χ1v) is 11.5. The van der Waals surface area contributed by atoms with Crippen molar-refractivity contribution in [1.82, 2.24) is 4.90 Å². The van der Waals surface area contributed by atoms with Gasteiger partial charge in [-0.3, -0.25) is 14.6 Å². The lowest BCUT2D eigenvalue weighted by Crippen LogP contribution is -2.47. The van der Waals surface area contributed by atoms with Gasteiger partial charge in [-0.2, -0.15) is 0 Å². The van der Waals surface area contributed by atoms with E-state index in [9.17, 15) is 14.7 Å². The van der Waals surface area contributed by atoms with Crippen molar-refractivity contribution < 1.29 is 14.7 Å². The van der Waals surface area contributed by atoms with Gasteiger partial charge in [0.25, 0.3) is 0 Å². The second kappa shape index (κ2) is 10.9. The first-order chi connectivity index (χ1) is 16.5. The van der Waals surface area contributed by atoms with E-state index in [-0.39, 0.29) is 0 Å². The predicted molar refractivity (Wildman–Crippen MR) is 135 cm³/mol. The van der Waals surface area contributed by atoms with Crippen LogP contribution in [-0.2, 0) is 0 Å². The molecule has 2 amide bonds. The standard InChI is InChI=1S/C27H30N4O3/c28-26(32)23-9-4-7-21(19-23)22-8-5-12-25(20-22)31(27(33)34)14-6-13-29-15-17-30(18-16-29)24-10-2-1-3-11-24/h1-5,7-12,19-20H,6,13-18H2,(H2,28,32)(H,33,34). The van der Waals surface area contributed by atoms with Crippen LogP contribution >= 0.6 is 0 Å². The zero-order chi connectivity index (χ0) is 23.9. The molecule has 7 heteroatoms. The maximum absolute atomic E-state index is 12.0. The number of primary amides is 1. The fourth-order valence-electron chi connectivity index (χ4n) is 4.36. The third kappa shape index (κ3) is 5.74. The van der Waals surface area contributed by atoms with Crippen molar-refractivity contribution in [1.29, 1.82) is 0 Å². The maximum Gasteiger partial charge on any atom is 0.411 e. The van der Waals surface area contributed by atoms with E-state index in [4.69, 9.17) is 5.73 Å². The van der Waals surface area contributed by atoms with Crippen molar-refractivity contribution in [3.63, 3.8) is 0 Å². The number of para-hydroxylation sites is 1. The average Bonchev–Trinajstić information content (AvgIpc) is 2.87. The molecule has 1 aliphatic rings. The molecule has 1 saturated heterocycles. The van der Waals surface area contributed by atoms with Crippen molar-refractivity contribution in [2.45, 2.75) is 6.42 Å². The van der Waals surface area contributed by atoms with E-state index >= 15 is 0 Å². The molecule has 7 nitrogen and oxygen atoms in total. The summed E-state index contributed by atoms with van der Waals surface area (Å²) in [7, 11) is 0. The summed E-state index contributed by atoms with van der Waals surface area (Å²) in [6.07, 6.45) is -0.226. The highest BCUT2D eigenvalue weighted by molar-refractivity contribution is 5.94. The molecule has 0 bridgehead atoms. The van der Waals surface area contributed by atoms with Crippen LogP contribution in [0.15, 0.2) is 78.9 Å². The summed E-state index contributed by atoms with van der Waals surface area (Å²) in [4.78, 5) is 29.7. The van der Waals surface area contributed by atoms with Crippen LogP contribution in [0.4, 0.5) is 16.2 Å². The Labute approximate surface area is 200 Å². The molecule has 0 radical (unpaired) electrons. The van der Waals surface area contributed by atoms with Crippen molar-refractivity contribution in [2.24, 2.45) is 5.73 Å². The van der Waals surface area contributed by atoms with Gasteiger partial charge in [0.2, 0.25) is 5.91 Å². The Bertz CT molecular complexity index is 1130. The van der Waals surface area contributed by atoms with Crippen LogP contribution in [0.25, 0.3) is 11.1 Å². The Morgan fingerprint density at radius 1 is 0.853 bits per heavy atom. The molecule has 1 fully saturated rings. The summed E-state index contributed by atoms with van der Waals surface area (Å²) in [6, 6.07) is 24.8. The number of carbonyl (C=O) groups excluding carboxylic acids is 1. The highest BCUT2D eigenvalue weighted by Gasteiger charge is 2.19. The van der Waals surface area contributed by atoms with Gasteiger partial charge < -0.3 is 15.7 Å². The lowest BCUT2D eigenvalue weighted by atomic mass is 10.0. The van der Waals surface area contributed by atoms with E-state index in [2.05, 4.69) is 34.1 Å². The molecule has 3 aromatic rings. The Hall–Kier alpha value is -3.84. The van der Waals surface area contributed by atoms with E-state index in [1.807, 2.05) is 30.3 Å². The number of benzene rings is 3. The van der Waals surface area contributed by atoms with Gasteiger partial charge in [-0.15, -0.1) is 0 Å². The minimum absolute atomic E-state index is 0.416. The zero-order valence-electron chi connectivity index (χ0n) is 19.1. The normalized spacial score (nSPS) is 14.1. The molecule has 0 spiro atoms. The number of nitrogens with two attached hydrogens (primary N) is 1. The van der Waals surface area contributed by atoms with Crippen LogP contribution in [0.3, 0.4) is 0 Å². The Kier molecular flexibility index (Phi) is 7.44. The number of piperazine rings is 1. The Morgan fingerprint density at radius 3 is 2.21 bits per heavy atom. The van der Waals surface area contributed by atoms with E-state index < -0.39 is 12.0 Å². The summed E-state index contributed by atoms with van der Waals surface area (Å²) in [5.74, 6) is -0.491. The number of anilines is 2. The van der Waals surface area contributed by atoms with Gasteiger partial charge in [0.15, 0.2) is 0 Å². The van der Waals surface area contributed by atoms with Gasteiger partial charge >= 0.3 is 6.09 Å². The minimum atomic E-state index is -0.975. The topological polar surface area (TPSA) is 90.1 Å². The molecule has 3 aromatic carbocycles. The summed E-state index contributed by atoms with van der Waals surface area (Å²) >= 11 is 0. The van der Waals surface area contributed by atoms with Gasteiger partial charge in [0.05, 0.1) is 0 Å². The summed E-state index contributed by atoms with van der Waals surface area (Å²) < 4.78 is 0. The van der Waals surface area contributed by atoms with Crippen LogP contribution in [0.1, 0.15) is 16.8 Å². The summed E-state index contributed by atoms with van der Waals surface area (Å²) in [5, 5.41) is 9.85. The highest BCUT2D eigenvalue weighted by atomic mass is 16.4. The third-order valence-electron chi connectivity index (χ3n) is 6.22. The number of carbonyl (C=O) groups is 2. The molecule has 1 heterocycles. The lowest BCUT2D eigenvalue weighted by molar-refractivity contribution is 0.1000. The molecule has 0 aromatic heterocycles. The van der Waals surface area contributed by atoms with Crippen molar-refractivity contribution in [3.05, 3.63) is 84.4 Å². The van der Waals surface area contributed by atoms with Crippen molar-refractivity contribution in [3.8, 4) is 11.1 Å². The number of hydrogen-bond donors (Lipinski definition) is 2. The number of amides is 2. The van der Waals surface area contributed by atoms with Gasteiger partial charge in [-0.1, -0.05) is 42.5 Å². The number of rotatable bonds is 8. The SMILES string of the molecule is NC(=O)c1cccc(-c2cccc(N(CCCN3CCN(c4ccccc4)CC3)C(=O)O)c2)c1. The largest absolute Gasteiger partial charge is 0.465 e. The van der Waals surface area contributed by atoms with Gasteiger partial charge in [0.1, 0.15) is 0 Å². The molecule has 3 N–H and O–H groups in total. The van der Waals surface area contributed by atoms with Gasteiger partial charge in [-0.25, -0.2) is 4.79 Å². The molecule has 0 saturated carbocycles. The molecule has 34 heavy (non-hydrogen) atoms. The van der Waals surface area contributed by atoms with Gasteiger partial charge in [-0.05, 0) is 60.5 Å². The number of nitrogens with zero attached hydrogens (tertiary/aromatic N) is 3. The fourth-order valence-corrected chi connectivity index (χ4v) is 4.36. The van der Waals surface area contributed by atoms with Crippen LogP contribution in [0.2, 0.25) is 0 Å². The first kappa shape index (κ1) is 23.3. The first-order valence-electron chi connectivity index (χ1n) is 11.5. The second-order valence-electron chi connectivity index (χ2n) is 8.45. The average molecular weight is 459 g/mol. The lowest BCUT2D eigenvalue weighted by Gasteiger charge is -2.36. The highest BCUT2D eigenvalue weighted by Crippen LogP contribution is 2.26. The third-order valence-corrected chi connectivity index (χ3v) is 6.22. The fraction of sp³-hybridized carbons (Fsp3) is 0.259. The van der Waals surface area contributed by atoms with Gasteiger partial charge in [0, 0.05) is 49.7 Å². The van der Waals surface area contributed by atoms with E-state index in [0.29, 0.717) is 17.8 Å². The minimum Gasteiger partial charge on any atom is -0.465 e. The molecule has 176 valence electrons. The molecule has 1 aliphatic heterocycles. The van der Waals surface area contributed by atoms with E-state index in [1.165, 1.54) is 10.6 Å². The van der Waals surface area contributed by atoms with Crippen LogP contribution in [0.5, 0.6) is 0 Å². The van der Waals surface area contributed by atoms with Crippen LogP contribution < -0.4 is 15.5 Å². The summed E-state index contributed by atoms with van der Waals surface area (Å²) in [5.41, 5.74) is 9.34. The van der Waals surface area contributed by atoms with Crippen molar-refractivity contribution >= 4 is 23.4 Å². The molecule has 0 aliphatic carbocycles. The Morgan fingerprint density at radius 2 is 1.53 bits per heavy atom. The summed E-state index contributed by atoms with van der Waals surface area (Å²) in [6.45, 7) is 5.14. The van der Waals surface area contributed by atoms with E-state index in [0.717, 1.165) is 50.3 Å². The smallest absolute Gasteiger partial charge is 0.411 e. The number of hydrogen-bond acceptors (Lipinski definition) is 4. The zero-order valence-corrected chi connectivity index (χ0v) is 19.1. The predicted octanol–water partition coefficient (Wildman–Crippen LogP) is 4.15. The quantitative estimate of drug-likeness (QED) is 0.529.